The quantitative estimate of drug-likeness (QED) is 0.562. The SMILES string of the molecule is CC1(C)O[C@@]23C[C@H]4CC[C@@H](CO)[C@@](N)([C@H]41)[C@H]2C#CCc1cc(O)ccc1C[C@@H]1CCC[C@@H]3C1. The Morgan fingerprint density at radius 2 is 2.00 bits per heavy atom. The number of fused-ring (bicyclic) bond motifs is 4. The average Bonchev–Trinajstić information content (AvgIpc) is 2.78. The van der Waals surface area contributed by atoms with Crippen LogP contribution < -0.4 is 5.73 Å². The summed E-state index contributed by atoms with van der Waals surface area (Å²) in [6.07, 6.45) is 9.71. The first-order valence-corrected chi connectivity index (χ1v) is 13.2. The van der Waals surface area contributed by atoms with Crippen molar-refractivity contribution >= 4 is 0 Å². The summed E-state index contributed by atoms with van der Waals surface area (Å²) in [6.45, 7) is 4.63. The maximum atomic E-state index is 10.5. The van der Waals surface area contributed by atoms with E-state index < -0.39 is 5.54 Å². The van der Waals surface area contributed by atoms with E-state index in [1.54, 1.807) is 0 Å². The standard InChI is InChI=1S/C29H39NO3/c1-27(2)26-21-9-11-23(17-31)29(26,30)25-8-4-6-19-15-24(32)12-10-20(19)13-18-5-3-7-22(14-18)28(25,16-21)33-27/h10,12,15,18,21-23,25-26,31-32H,3,5-7,9,11,13-14,16-17,30H2,1-2H3/t18-,21+,22+,23-,25-,26+,28+,29-/m0/s1. The molecule has 4 aliphatic carbocycles. The van der Waals surface area contributed by atoms with Crippen LogP contribution in [-0.4, -0.2) is 33.6 Å². The molecular formula is C29H39NO3. The maximum absolute atomic E-state index is 10.5. The van der Waals surface area contributed by atoms with Gasteiger partial charge in [0.1, 0.15) is 5.75 Å². The van der Waals surface area contributed by atoms with Crippen molar-refractivity contribution < 1.29 is 14.9 Å². The number of hydrogen-bond donors (Lipinski definition) is 3. The Hall–Kier alpha value is -1.54. The summed E-state index contributed by atoms with van der Waals surface area (Å²) in [4.78, 5) is 0. The molecule has 2 heterocycles. The van der Waals surface area contributed by atoms with Crippen molar-refractivity contribution in [3.63, 3.8) is 0 Å². The molecule has 6 bridgehead atoms. The van der Waals surface area contributed by atoms with Crippen LogP contribution in [0.4, 0.5) is 0 Å². The summed E-state index contributed by atoms with van der Waals surface area (Å²) in [6, 6.07) is 5.82. The van der Waals surface area contributed by atoms with Crippen LogP contribution in [-0.2, 0) is 17.6 Å². The summed E-state index contributed by atoms with van der Waals surface area (Å²) in [5.41, 5.74) is 8.85. The third-order valence-electron chi connectivity index (χ3n) is 10.3. The lowest BCUT2D eigenvalue weighted by Crippen LogP contribution is -2.82. The molecule has 2 saturated heterocycles. The summed E-state index contributed by atoms with van der Waals surface area (Å²) in [5, 5.41) is 20.6. The number of phenols is 1. The monoisotopic (exact) mass is 449 g/mol. The molecule has 0 aromatic heterocycles. The fraction of sp³-hybridized carbons (Fsp3) is 0.724. The van der Waals surface area contributed by atoms with Crippen LogP contribution in [0.1, 0.15) is 69.9 Å². The summed E-state index contributed by atoms with van der Waals surface area (Å²) in [7, 11) is 0. The van der Waals surface area contributed by atoms with E-state index in [2.05, 4.69) is 31.8 Å². The van der Waals surface area contributed by atoms with Crippen LogP contribution in [0.5, 0.6) is 5.75 Å². The number of phenolic OH excluding ortho intramolecular Hbond substituents is 1. The Balaban J connectivity index is 1.53. The fourth-order valence-corrected chi connectivity index (χ4v) is 9.34. The molecule has 0 radical (unpaired) electrons. The lowest BCUT2D eigenvalue weighted by atomic mass is 9.40. The van der Waals surface area contributed by atoms with Gasteiger partial charge in [-0.1, -0.05) is 30.7 Å². The van der Waals surface area contributed by atoms with Crippen LogP contribution in [0.3, 0.4) is 0 Å². The topological polar surface area (TPSA) is 75.7 Å². The van der Waals surface area contributed by atoms with Gasteiger partial charge in [-0.15, -0.1) is 0 Å². The van der Waals surface area contributed by atoms with E-state index >= 15 is 0 Å². The third kappa shape index (κ3) is 3.08. The molecule has 3 saturated carbocycles. The second-order valence-corrected chi connectivity index (χ2v) is 12.4. The number of rotatable bonds is 1. The van der Waals surface area contributed by atoms with Gasteiger partial charge in [0, 0.05) is 30.4 Å². The lowest BCUT2D eigenvalue weighted by Gasteiger charge is -2.73. The Morgan fingerprint density at radius 3 is 2.82 bits per heavy atom. The predicted molar refractivity (Wildman–Crippen MR) is 128 cm³/mol. The number of aliphatic hydroxyl groups excluding tert-OH is 1. The minimum absolute atomic E-state index is 0.0562. The van der Waals surface area contributed by atoms with Gasteiger partial charge in [0.05, 0.1) is 17.1 Å². The molecule has 1 aromatic carbocycles. The number of benzene rings is 1. The van der Waals surface area contributed by atoms with Crippen molar-refractivity contribution in [1.29, 1.82) is 0 Å². The van der Waals surface area contributed by atoms with Gasteiger partial charge < -0.3 is 20.7 Å². The Morgan fingerprint density at radius 1 is 1.15 bits per heavy atom. The van der Waals surface area contributed by atoms with Crippen LogP contribution in [0, 0.1) is 47.3 Å². The minimum Gasteiger partial charge on any atom is -0.508 e. The lowest BCUT2D eigenvalue weighted by molar-refractivity contribution is -0.339. The van der Waals surface area contributed by atoms with Gasteiger partial charge in [-0.2, -0.15) is 0 Å². The molecule has 33 heavy (non-hydrogen) atoms. The van der Waals surface area contributed by atoms with E-state index in [0.29, 0.717) is 29.9 Å². The minimum atomic E-state index is -0.521. The van der Waals surface area contributed by atoms with Crippen LogP contribution in [0.15, 0.2) is 18.2 Å². The largest absolute Gasteiger partial charge is 0.508 e. The predicted octanol–water partition coefficient (Wildman–Crippen LogP) is 4.20. The molecule has 7 rings (SSSR count). The molecule has 4 N–H and O–H groups in total. The zero-order valence-corrected chi connectivity index (χ0v) is 20.1. The Kier molecular flexibility index (Phi) is 4.98. The molecule has 8 atom stereocenters. The second kappa shape index (κ2) is 7.48. The van der Waals surface area contributed by atoms with Gasteiger partial charge in [0.25, 0.3) is 0 Å². The van der Waals surface area contributed by atoms with E-state index in [1.807, 2.05) is 12.1 Å². The molecule has 1 aromatic rings. The highest BCUT2D eigenvalue weighted by Gasteiger charge is 2.74. The van der Waals surface area contributed by atoms with E-state index in [4.69, 9.17) is 10.5 Å². The second-order valence-electron chi connectivity index (χ2n) is 12.4. The van der Waals surface area contributed by atoms with Gasteiger partial charge in [0.15, 0.2) is 0 Å². The van der Waals surface area contributed by atoms with Gasteiger partial charge in [0.2, 0.25) is 0 Å². The number of aliphatic hydroxyl groups is 1. The van der Waals surface area contributed by atoms with E-state index in [-0.39, 0.29) is 35.6 Å². The molecule has 0 unspecified atom stereocenters. The average molecular weight is 450 g/mol. The van der Waals surface area contributed by atoms with E-state index in [1.165, 1.54) is 24.8 Å². The van der Waals surface area contributed by atoms with Gasteiger partial charge in [-0.05, 0) is 93.4 Å². The van der Waals surface area contributed by atoms with Crippen molar-refractivity contribution in [3.8, 4) is 17.6 Å². The van der Waals surface area contributed by atoms with Crippen molar-refractivity contribution in [2.24, 2.45) is 41.2 Å². The molecule has 178 valence electrons. The molecule has 5 fully saturated rings. The molecule has 4 heteroatoms. The van der Waals surface area contributed by atoms with Crippen molar-refractivity contribution in [2.45, 2.75) is 88.4 Å². The van der Waals surface area contributed by atoms with Crippen molar-refractivity contribution in [1.82, 2.24) is 0 Å². The molecule has 1 spiro atoms. The number of nitrogens with two attached hydrogens (primary N) is 1. The van der Waals surface area contributed by atoms with Gasteiger partial charge in [-0.3, -0.25) is 0 Å². The Labute approximate surface area is 198 Å². The number of ether oxygens (including phenoxy) is 1. The highest BCUT2D eigenvalue weighted by atomic mass is 16.5. The first kappa shape index (κ1) is 22.0. The zero-order valence-electron chi connectivity index (χ0n) is 20.1. The third-order valence-corrected chi connectivity index (χ3v) is 10.3. The Bertz CT molecular complexity index is 1010. The summed E-state index contributed by atoms with van der Waals surface area (Å²) >= 11 is 0. The summed E-state index contributed by atoms with van der Waals surface area (Å²) in [5.74, 6) is 9.41. The first-order chi connectivity index (χ1) is 15.8. The van der Waals surface area contributed by atoms with Gasteiger partial charge in [-0.25, -0.2) is 0 Å². The molecular weight excluding hydrogens is 410 g/mol. The van der Waals surface area contributed by atoms with Crippen molar-refractivity contribution in [2.75, 3.05) is 6.61 Å². The van der Waals surface area contributed by atoms with E-state index in [9.17, 15) is 10.2 Å². The van der Waals surface area contributed by atoms with E-state index in [0.717, 1.165) is 37.7 Å². The smallest absolute Gasteiger partial charge is 0.115 e. The number of hydrogen-bond acceptors (Lipinski definition) is 4. The zero-order chi connectivity index (χ0) is 23.0. The molecule has 0 amide bonds. The normalized spacial score (nSPS) is 45.1. The fourth-order valence-electron chi connectivity index (χ4n) is 9.34. The molecule has 6 aliphatic rings. The molecule has 4 nitrogen and oxygen atoms in total. The maximum Gasteiger partial charge on any atom is 0.115 e. The molecule has 2 aliphatic heterocycles. The highest BCUT2D eigenvalue weighted by molar-refractivity contribution is 5.39. The first-order valence-electron chi connectivity index (χ1n) is 13.2. The highest BCUT2D eigenvalue weighted by Crippen LogP contribution is 2.67. The van der Waals surface area contributed by atoms with Crippen LogP contribution >= 0.6 is 0 Å². The van der Waals surface area contributed by atoms with Crippen LogP contribution in [0.2, 0.25) is 0 Å². The number of aromatic hydroxyl groups is 1. The van der Waals surface area contributed by atoms with Crippen molar-refractivity contribution in [3.05, 3.63) is 29.3 Å². The summed E-state index contributed by atoms with van der Waals surface area (Å²) < 4.78 is 7.21. The van der Waals surface area contributed by atoms with Gasteiger partial charge >= 0.3 is 0 Å². The van der Waals surface area contributed by atoms with Crippen LogP contribution in [0.25, 0.3) is 0 Å².